The number of amides is 2. The van der Waals surface area contributed by atoms with Gasteiger partial charge in [-0.15, -0.1) is 0 Å². The summed E-state index contributed by atoms with van der Waals surface area (Å²) in [4.78, 5) is 24.1. The van der Waals surface area contributed by atoms with E-state index < -0.39 is 11.8 Å². The molecule has 0 fully saturated rings. The van der Waals surface area contributed by atoms with Gasteiger partial charge in [0.15, 0.2) is 5.76 Å². The number of benzene rings is 2. The van der Waals surface area contributed by atoms with Crippen LogP contribution in [-0.2, 0) is 6.61 Å². The molecule has 6 nitrogen and oxygen atoms in total. The van der Waals surface area contributed by atoms with Crippen molar-refractivity contribution in [1.82, 2.24) is 10.9 Å². The molecule has 1 aromatic heterocycles. The van der Waals surface area contributed by atoms with Crippen molar-refractivity contribution in [2.45, 2.75) is 6.61 Å². The molecule has 0 bridgehead atoms. The van der Waals surface area contributed by atoms with Crippen LogP contribution < -0.4 is 15.6 Å². The second-order valence-electron chi connectivity index (χ2n) is 5.26. The summed E-state index contributed by atoms with van der Waals surface area (Å²) in [6, 6.07) is 19.3. The predicted octanol–water partition coefficient (Wildman–Crippen LogP) is 3.70. The van der Waals surface area contributed by atoms with Crippen molar-refractivity contribution >= 4 is 27.7 Å². The maximum Gasteiger partial charge on any atom is 0.305 e. The predicted molar refractivity (Wildman–Crippen MR) is 98.6 cm³/mol. The minimum Gasteiger partial charge on any atom is -0.486 e. The van der Waals surface area contributed by atoms with Gasteiger partial charge in [-0.25, -0.2) is 0 Å². The van der Waals surface area contributed by atoms with Crippen LogP contribution >= 0.6 is 15.9 Å². The number of furan rings is 1. The van der Waals surface area contributed by atoms with Crippen LogP contribution in [-0.4, -0.2) is 11.8 Å². The van der Waals surface area contributed by atoms with Crippen molar-refractivity contribution in [3.8, 4) is 5.75 Å². The van der Waals surface area contributed by atoms with Crippen molar-refractivity contribution in [2.24, 2.45) is 0 Å². The highest BCUT2D eigenvalue weighted by atomic mass is 79.9. The molecular formula is C19H15BrN2O4. The zero-order valence-electron chi connectivity index (χ0n) is 13.6. The Hall–Kier alpha value is -3.06. The summed E-state index contributed by atoms with van der Waals surface area (Å²) < 4.78 is 11.6. The molecule has 0 unspecified atom stereocenters. The van der Waals surface area contributed by atoms with Gasteiger partial charge in [0.1, 0.15) is 18.1 Å². The molecule has 0 saturated carbocycles. The number of carbonyl (C=O) groups is 2. The third-order valence-corrected chi connectivity index (χ3v) is 4.11. The molecule has 0 atom stereocenters. The summed E-state index contributed by atoms with van der Waals surface area (Å²) in [7, 11) is 0. The van der Waals surface area contributed by atoms with E-state index in [1.165, 1.54) is 6.07 Å². The molecular weight excluding hydrogens is 400 g/mol. The zero-order valence-corrected chi connectivity index (χ0v) is 15.2. The zero-order chi connectivity index (χ0) is 18.4. The molecule has 2 N–H and O–H groups in total. The normalized spacial score (nSPS) is 10.2. The van der Waals surface area contributed by atoms with Crippen molar-refractivity contribution in [2.75, 3.05) is 0 Å². The summed E-state index contributed by atoms with van der Waals surface area (Å²) >= 11 is 3.28. The smallest absolute Gasteiger partial charge is 0.305 e. The number of hydrazine groups is 1. The van der Waals surface area contributed by atoms with E-state index in [0.717, 1.165) is 0 Å². The number of nitrogens with one attached hydrogen (secondary N) is 2. The van der Waals surface area contributed by atoms with Gasteiger partial charge < -0.3 is 9.15 Å². The average molecular weight is 415 g/mol. The Morgan fingerprint density at radius 1 is 0.885 bits per heavy atom. The van der Waals surface area contributed by atoms with Gasteiger partial charge in [-0.2, -0.15) is 0 Å². The van der Waals surface area contributed by atoms with Gasteiger partial charge in [0.2, 0.25) is 0 Å². The van der Waals surface area contributed by atoms with E-state index in [-0.39, 0.29) is 12.4 Å². The van der Waals surface area contributed by atoms with Crippen molar-refractivity contribution in [1.29, 1.82) is 0 Å². The summed E-state index contributed by atoms with van der Waals surface area (Å²) in [5.41, 5.74) is 5.07. The van der Waals surface area contributed by atoms with Crippen molar-refractivity contribution < 1.29 is 18.7 Å². The van der Waals surface area contributed by atoms with E-state index in [9.17, 15) is 9.59 Å². The fraction of sp³-hybridized carbons (Fsp3) is 0.0526. The third-order valence-electron chi connectivity index (χ3n) is 3.42. The molecule has 0 aliphatic heterocycles. The Balaban J connectivity index is 1.53. The first kappa shape index (κ1) is 17.8. The van der Waals surface area contributed by atoms with Crippen LogP contribution in [0.3, 0.4) is 0 Å². The lowest BCUT2D eigenvalue weighted by atomic mass is 10.2. The summed E-state index contributed by atoms with van der Waals surface area (Å²) in [5.74, 6) is 0.275. The van der Waals surface area contributed by atoms with Gasteiger partial charge in [0.05, 0.1) is 5.56 Å². The lowest BCUT2D eigenvalue weighted by molar-refractivity contribution is 0.0828. The maximum atomic E-state index is 12.1. The number of rotatable bonds is 5. The number of carbonyl (C=O) groups excluding carboxylic acids is 2. The molecule has 3 aromatic rings. The van der Waals surface area contributed by atoms with Crippen LogP contribution in [0.25, 0.3) is 0 Å². The Morgan fingerprint density at radius 3 is 2.35 bits per heavy atom. The van der Waals surface area contributed by atoms with E-state index in [1.54, 1.807) is 30.3 Å². The van der Waals surface area contributed by atoms with Gasteiger partial charge in [0.25, 0.3) is 5.91 Å². The van der Waals surface area contributed by atoms with Crippen LogP contribution in [0.4, 0.5) is 0 Å². The Morgan fingerprint density at radius 2 is 1.58 bits per heavy atom. The minimum atomic E-state index is -0.559. The quantitative estimate of drug-likeness (QED) is 0.623. The van der Waals surface area contributed by atoms with E-state index >= 15 is 0 Å². The highest BCUT2D eigenvalue weighted by Gasteiger charge is 2.14. The van der Waals surface area contributed by atoms with E-state index in [1.807, 2.05) is 30.3 Å². The molecule has 0 saturated heterocycles. The number of para-hydroxylation sites is 1. The maximum absolute atomic E-state index is 12.1. The van der Waals surface area contributed by atoms with Gasteiger partial charge in [-0.1, -0.05) is 30.3 Å². The molecule has 0 spiro atoms. The van der Waals surface area contributed by atoms with Crippen LogP contribution in [0.2, 0.25) is 0 Å². The topological polar surface area (TPSA) is 80.6 Å². The highest BCUT2D eigenvalue weighted by Crippen LogP contribution is 2.16. The van der Waals surface area contributed by atoms with Gasteiger partial charge in [-0.05, 0) is 52.3 Å². The summed E-state index contributed by atoms with van der Waals surface area (Å²) in [6.45, 7) is 0.195. The lowest BCUT2D eigenvalue weighted by Gasteiger charge is -2.07. The second-order valence-corrected chi connectivity index (χ2v) is 6.11. The van der Waals surface area contributed by atoms with Crippen LogP contribution in [0.5, 0.6) is 5.75 Å². The first-order valence-electron chi connectivity index (χ1n) is 7.75. The van der Waals surface area contributed by atoms with E-state index in [0.29, 0.717) is 21.5 Å². The number of hydrogen-bond acceptors (Lipinski definition) is 4. The minimum absolute atomic E-state index is 0.0732. The Labute approximate surface area is 158 Å². The number of hydrogen-bond donors (Lipinski definition) is 2. The number of ether oxygens (including phenoxy) is 1. The molecule has 0 aliphatic carbocycles. The van der Waals surface area contributed by atoms with Gasteiger partial charge in [0, 0.05) is 4.47 Å². The monoisotopic (exact) mass is 414 g/mol. The molecule has 0 radical (unpaired) electrons. The largest absolute Gasteiger partial charge is 0.486 e. The second kappa shape index (κ2) is 8.35. The summed E-state index contributed by atoms with van der Waals surface area (Å²) in [6.07, 6.45) is 0. The molecule has 7 heteroatoms. The number of halogens is 1. The van der Waals surface area contributed by atoms with Crippen LogP contribution in [0.1, 0.15) is 26.7 Å². The van der Waals surface area contributed by atoms with Crippen molar-refractivity contribution in [3.63, 3.8) is 0 Å². The van der Waals surface area contributed by atoms with E-state index in [2.05, 4.69) is 26.8 Å². The van der Waals surface area contributed by atoms with Crippen LogP contribution in [0, 0.1) is 0 Å². The fourth-order valence-corrected chi connectivity index (χ4v) is 2.60. The van der Waals surface area contributed by atoms with Crippen molar-refractivity contribution in [3.05, 3.63) is 88.3 Å². The molecule has 132 valence electrons. The molecule has 3 rings (SSSR count). The van der Waals surface area contributed by atoms with Gasteiger partial charge >= 0.3 is 5.91 Å². The third kappa shape index (κ3) is 4.52. The first-order chi connectivity index (χ1) is 12.6. The Bertz CT molecular complexity index is 909. The molecule has 0 aliphatic rings. The highest BCUT2D eigenvalue weighted by molar-refractivity contribution is 9.10. The summed E-state index contributed by atoms with van der Waals surface area (Å²) in [5, 5.41) is 0. The van der Waals surface area contributed by atoms with Crippen LogP contribution in [0.15, 0.2) is 75.6 Å². The van der Waals surface area contributed by atoms with Gasteiger partial charge in [-0.3, -0.25) is 20.4 Å². The SMILES string of the molecule is O=C(NNC(=O)c1ccccc1Br)c1ccc(COc2ccccc2)o1. The lowest BCUT2D eigenvalue weighted by Crippen LogP contribution is -2.41. The first-order valence-corrected chi connectivity index (χ1v) is 8.54. The average Bonchev–Trinajstić information content (AvgIpc) is 3.14. The standard InChI is InChI=1S/C19H15BrN2O4/c20-16-9-5-4-8-15(16)18(23)21-22-19(24)17-11-10-14(26-17)12-25-13-6-2-1-3-7-13/h1-11H,12H2,(H,21,23)(H,22,24). The molecule has 2 aromatic carbocycles. The van der Waals surface area contributed by atoms with E-state index in [4.69, 9.17) is 9.15 Å². The molecule has 2 amide bonds. The fourth-order valence-electron chi connectivity index (χ4n) is 2.14. The Kier molecular flexibility index (Phi) is 5.70. The molecule has 26 heavy (non-hydrogen) atoms. The molecule has 1 heterocycles.